The topological polar surface area (TPSA) is 42.2 Å². The average molecular weight is 211 g/mol. The highest BCUT2D eigenvalue weighted by Gasteiger charge is 2.32. The molecular weight excluding hydrogens is 194 g/mol. The molecule has 1 fully saturated rings. The van der Waals surface area contributed by atoms with Crippen molar-refractivity contribution < 1.29 is 0 Å². The SMILES string of the molecule is CN(Cc1cscn1)C(CN)C1CC1. The van der Waals surface area contributed by atoms with Crippen LogP contribution in [0.1, 0.15) is 18.5 Å². The summed E-state index contributed by atoms with van der Waals surface area (Å²) in [6.45, 7) is 1.70. The molecule has 2 rings (SSSR count). The van der Waals surface area contributed by atoms with Gasteiger partial charge in [-0.25, -0.2) is 4.98 Å². The number of nitrogens with zero attached hydrogens (tertiary/aromatic N) is 2. The predicted molar refractivity (Wildman–Crippen MR) is 59.1 cm³/mol. The molecule has 0 bridgehead atoms. The summed E-state index contributed by atoms with van der Waals surface area (Å²) in [5.41, 5.74) is 8.83. The molecule has 1 heterocycles. The van der Waals surface area contributed by atoms with Crippen LogP contribution in [-0.4, -0.2) is 29.5 Å². The van der Waals surface area contributed by atoms with E-state index in [1.54, 1.807) is 11.3 Å². The molecule has 1 saturated carbocycles. The van der Waals surface area contributed by atoms with E-state index in [-0.39, 0.29) is 0 Å². The third-order valence-corrected chi connectivity index (χ3v) is 3.50. The molecule has 14 heavy (non-hydrogen) atoms. The fraction of sp³-hybridized carbons (Fsp3) is 0.700. The molecule has 1 aliphatic carbocycles. The minimum atomic E-state index is 0.552. The van der Waals surface area contributed by atoms with Crippen LogP contribution in [0.15, 0.2) is 10.9 Å². The molecular formula is C10H17N3S. The Kier molecular flexibility index (Phi) is 3.15. The molecule has 1 aromatic heterocycles. The van der Waals surface area contributed by atoms with Gasteiger partial charge < -0.3 is 5.73 Å². The Hall–Kier alpha value is -0.450. The molecule has 0 saturated heterocycles. The van der Waals surface area contributed by atoms with E-state index in [0.29, 0.717) is 6.04 Å². The molecule has 1 atom stereocenters. The number of likely N-dealkylation sites (N-methyl/N-ethyl adjacent to an activating group) is 1. The Morgan fingerprint density at radius 1 is 1.71 bits per heavy atom. The van der Waals surface area contributed by atoms with Gasteiger partial charge in [-0.3, -0.25) is 4.90 Å². The van der Waals surface area contributed by atoms with E-state index in [1.165, 1.54) is 12.8 Å². The summed E-state index contributed by atoms with van der Waals surface area (Å²) in [6.07, 6.45) is 2.70. The van der Waals surface area contributed by atoms with Crippen LogP contribution in [0.2, 0.25) is 0 Å². The summed E-state index contributed by atoms with van der Waals surface area (Å²) in [7, 11) is 2.15. The molecule has 0 spiro atoms. The molecule has 78 valence electrons. The van der Waals surface area contributed by atoms with Crippen LogP contribution in [0.25, 0.3) is 0 Å². The number of aromatic nitrogens is 1. The lowest BCUT2D eigenvalue weighted by molar-refractivity contribution is 0.213. The predicted octanol–water partition coefficient (Wildman–Crippen LogP) is 1.31. The Morgan fingerprint density at radius 3 is 3.00 bits per heavy atom. The second-order valence-corrected chi connectivity index (χ2v) is 4.75. The van der Waals surface area contributed by atoms with E-state index < -0.39 is 0 Å². The zero-order valence-electron chi connectivity index (χ0n) is 8.52. The molecule has 2 N–H and O–H groups in total. The number of hydrogen-bond acceptors (Lipinski definition) is 4. The largest absolute Gasteiger partial charge is 0.329 e. The normalized spacial score (nSPS) is 18.8. The quantitative estimate of drug-likeness (QED) is 0.798. The maximum atomic E-state index is 5.78. The number of thiazole rings is 1. The molecule has 0 radical (unpaired) electrons. The highest BCUT2D eigenvalue weighted by molar-refractivity contribution is 7.07. The Bertz CT molecular complexity index is 269. The van der Waals surface area contributed by atoms with E-state index in [2.05, 4.69) is 22.3 Å². The first-order valence-electron chi connectivity index (χ1n) is 5.08. The first-order valence-corrected chi connectivity index (χ1v) is 6.03. The first kappa shape index (κ1) is 10.1. The highest BCUT2D eigenvalue weighted by Crippen LogP contribution is 2.34. The summed E-state index contributed by atoms with van der Waals surface area (Å²) < 4.78 is 0. The van der Waals surface area contributed by atoms with Crippen molar-refractivity contribution in [2.24, 2.45) is 11.7 Å². The summed E-state index contributed by atoms with van der Waals surface area (Å²) >= 11 is 1.66. The van der Waals surface area contributed by atoms with Crippen molar-refractivity contribution in [2.45, 2.75) is 25.4 Å². The monoisotopic (exact) mass is 211 g/mol. The Morgan fingerprint density at radius 2 is 2.50 bits per heavy atom. The van der Waals surface area contributed by atoms with E-state index in [9.17, 15) is 0 Å². The summed E-state index contributed by atoms with van der Waals surface area (Å²) in [6, 6.07) is 0.552. The van der Waals surface area contributed by atoms with Crippen molar-refractivity contribution in [2.75, 3.05) is 13.6 Å². The molecule has 1 aliphatic rings. The zero-order valence-corrected chi connectivity index (χ0v) is 9.33. The maximum absolute atomic E-state index is 5.78. The van der Waals surface area contributed by atoms with E-state index in [0.717, 1.165) is 24.7 Å². The molecule has 3 nitrogen and oxygen atoms in total. The third-order valence-electron chi connectivity index (χ3n) is 2.87. The van der Waals surface area contributed by atoms with Crippen molar-refractivity contribution in [1.29, 1.82) is 0 Å². The van der Waals surface area contributed by atoms with Crippen molar-refractivity contribution in [3.63, 3.8) is 0 Å². The van der Waals surface area contributed by atoms with Gasteiger partial charge in [0.2, 0.25) is 0 Å². The maximum Gasteiger partial charge on any atom is 0.0795 e. The van der Waals surface area contributed by atoms with Crippen molar-refractivity contribution in [3.8, 4) is 0 Å². The van der Waals surface area contributed by atoms with Crippen LogP contribution < -0.4 is 5.73 Å². The minimum Gasteiger partial charge on any atom is -0.329 e. The number of nitrogens with two attached hydrogens (primary N) is 1. The summed E-state index contributed by atoms with van der Waals surface area (Å²) in [5.74, 6) is 0.837. The average Bonchev–Trinajstić information content (AvgIpc) is 2.86. The fourth-order valence-electron chi connectivity index (χ4n) is 1.90. The lowest BCUT2D eigenvalue weighted by Crippen LogP contribution is -2.39. The van der Waals surface area contributed by atoms with Crippen molar-refractivity contribution >= 4 is 11.3 Å². The first-order chi connectivity index (χ1) is 6.81. The van der Waals surface area contributed by atoms with Crippen LogP contribution in [0.5, 0.6) is 0 Å². The molecule has 1 aromatic rings. The molecule has 4 heteroatoms. The Balaban J connectivity index is 1.90. The lowest BCUT2D eigenvalue weighted by Gasteiger charge is -2.26. The van der Waals surface area contributed by atoms with Crippen molar-refractivity contribution in [3.05, 3.63) is 16.6 Å². The van der Waals surface area contributed by atoms with Gasteiger partial charge in [-0.15, -0.1) is 11.3 Å². The van der Waals surface area contributed by atoms with Gasteiger partial charge in [0.1, 0.15) is 0 Å². The van der Waals surface area contributed by atoms with Crippen LogP contribution >= 0.6 is 11.3 Å². The lowest BCUT2D eigenvalue weighted by atomic mass is 10.1. The van der Waals surface area contributed by atoms with E-state index >= 15 is 0 Å². The van der Waals surface area contributed by atoms with Gasteiger partial charge in [-0.2, -0.15) is 0 Å². The van der Waals surface area contributed by atoms with E-state index in [1.807, 2.05) is 5.51 Å². The fourth-order valence-corrected chi connectivity index (χ4v) is 2.45. The Labute approximate surface area is 88.9 Å². The third kappa shape index (κ3) is 2.32. The van der Waals surface area contributed by atoms with Gasteiger partial charge in [0.25, 0.3) is 0 Å². The number of rotatable bonds is 5. The standard InChI is InChI=1S/C10H17N3S/c1-13(5-9-6-14-7-12-9)10(4-11)8-2-3-8/h6-8,10H,2-5,11H2,1H3. The zero-order chi connectivity index (χ0) is 9.97. The van der Waals surface area contributed by atoms with E-state index in [4.69, 9.17) is 5.73 Å². The highest BCUT2D eigenvalue weighted by atomic mass is 32.1. The van der Waals surface area contributed by atoms with Crippen LogP contribution in [-0.2, 0) is 6.54 Å². The second-order valence-electron chi connectivity index (χ2n) is 4.04. The molecule has 0 aliphatic heterocycles. The molecule has 0 amide bonds. The van der Waals surface area contributed by atoms with Gasteiger partial charge in [0, 0.05) is 24.5 Å². The van der Waals surface area contributed by atoms with Gasteiger partial charge in [0.05, 0.1) is 11.2 Å². The smallest absolute Gasteiger partial charge is 0.0795 e. The molecule has 0 aromatic carbocycles. The van der Waals surface area contributed by atoms with Crippen LogP contribution in [0.4, 0.5) is 0 Å². The van der Waals surface area contributed by atoms with Crippen LogP contribution in [0, 0.1) is 5.92 Å². The number of hydrogen-bond donors (Lipinski definition) is 1. The van der Waals surface area contributed by atoms with Gasteiger partial charge in [-0.05, 0) is 25.8 Å². The second kappa shape index (κ2) is 4.38. The van der Waals surface area contributed by atoms with Gasteiger partial charge in [-0.1, -0.05) is 0 Å². The van der Waals surface area contributed by atoms with Gasteiger partial charge >= 0.3 is 0 Å². The minimum absolute atomic E-state index is 0.552. The van der Waals surface area contributed by atoms with Crippen LogP contribution in [0.3, 0.4) is 0 Å². The molecule has 1 unspecified atom stereocenters. The summed E-state index contributed by atoms with van der Waals surface area (Å²) in [5, 5.41) is 2.11. The van der Waals surface area contributed by atoms with Crippen molar-refractivity contribution in [1.82, 2.24) is 9.88 Å². The summed E-state index contributed by atoms with van der Waals surface area (Å²) in [4.78, 5) is 6.63. The van der Waals surface area contributed by atoms with Gasteiger partial charge in [0.15, 0.2) is 0 Å².